The van der Waals surface area contributed by atoms with Crippen LogP contribution in [0.2, 0.25) is 0 Å². The Morgan fingerprint density at radius 3 is 2.50 bits per heavy atom. The number of halogens is 1. The van der Waals surface area contributed by atoms with Crippen molar-refractivity contribution >= 4 is 5.69 Å². The second kappa shape index (κ2) is 6.94. The lowest BCUT2D eigenvalue weighted by molar-refractivity contribution is 0.384. The van der Waals surface area contributed by atoms with Crippen molar-refractivity contribution in [3.63, 3.8) is 0 Å². The third-order valence-corrected chi connectivity index (χ3v) is 3.24. The Labute approximate surface area is 119 Å². The quantitative estimate of drug-likeness (QED) is 0.842. The van der Waals surface area contributed by atoms with E-state index in [-0.39, 0.29) is 11.6 Å². The summed E-state index contributed by atoms with van der Waals surface area (Å²) in [6.07, 6.45) is 2.23. The van der Waals surface area contributed by atoms with Gasteiger partial charge in [0.15, 0.2) is 11.6 Å². The summed E-state index contributed by atoms with van der Waals surface area (Å²) < 4.78 is 19.0. The van der Waals surface area contributed by atoms with Gasteiger partial charge in [-0.1, -0.05) is 37.6 Å². The van der Waals surface area contributed by atoms with E-state index in [0.717, 1.165) is 18.5 Å². The molecule has 3 heteroatoms. The summed E-state index contributed by atoms with van der Waals surface area (Å²) in [6.45, 7) is 2.61. The van der Waals surface area contributed by atoms with Crippen LogP contribution in [0, 0.1) is 5.82 Å². The maximum absolute atomic E-state index is 14.0. The van der Waals surface area contributed by atoms with Crippen LogP contribution in [0.25, 0.3) is 0 Å². The van der Waals surface area contributed by atoms with Crippen LogP contribution in [0.5, 0.6) is 5.75 Å². The number of aryl methyl sites for hydroxylation is 1. The first-order valence-electron chi connectivity index (χ1n) is 6.88. The molecule has 0 heterocycles. The zero-order chi connectivity index (χ0) is 14.4. The number of benzene rings is 2. The third kappa shape index (κ3) is 3.50. The van der Waals surface area contributed by atoms with E-state index >= 15 is 0 Å². The van der Waals surface area contributed by atoms with Crippen molar-refractivity contribution in [1.82, 2.24) is 0 Å². The highest BCUT2D eigenvalue weighted by molar-refractivity contribution is 5.45. The first-order chi connectivity index (χ1) is 9.74. The normalized spacial score (nSPS) is 10.3. The molecule has 0 spiro atoms. The monoisotopic (exact) mass is 273 g/mol. The molecule has 0 atom stereocenters. The van der Waals surface area contributed by atoms with Crippen molar-refractivity contribution in [3.8, 4) is 5.75 Å². The van der Waals surface area contributed by atoms with Gasteiger partial charge < -0.3 is 10.1 Å². The van der Waals surface area contributed by atoms with Crippen LogP contribution in [0.4, 0.5) is 10.1 Å². The van der Waals surface area contributed by atoms with Gasteiger partial charge in [-0.3, -0.25) is 0 Å². The van der Waals surface area contributed by atoms with Crippen LogP contribution in [0.3, 0.4) is 0 Å². The van der Waals surface area contributed by atoms with Gasteiger partial charge in [0, 0.05) is 17.8 Å². The van der Waals surface area contributed by atoms with Crippen molar-refractivity contribution in [2.75, 3.05) is 12.4 Å². The predicted molar refractivity (Wildman–Crippen MR) is 80.7 cm³/mol. The molecule has 20 heavy (non-hydrogen) atoms. The molecule has 0 aliphatic rings. The van der Waals surface area contributed by atoms with E-state index in [4.69, 9.17) is 4.74 Å². The molecule has 0 bridgehead atoms. The average Bonchev–Trinajstić information content (AvgIpc) is 2.48. The smallest absolute Gasteiger partial charge is 0.170 e. The first kappa shape index (κ1) is 14.4. The Morgan fingerprint density at radius 1 is 1.10 bits per heavy atom. The number of ether oxygens (including phenoxy) is 1. The number of rotatable bonds is 6. The van der Waals surface area contributed by atoms with Crippen LogP contribution in [-0.2, 0) is 13.0 Å². The molecule has 0 aliphatic heterocycles. The Balaban J connectivity index is 2.01. The average molecular weight is 273 g/mol. The Kier molecular flexibility index (Phi) is 4.99. The van der Waals surface area contributed by atoms with E-state index in [1.807, 2.05) is 12.1 Å². The SMILES string of the molecule is CCCc1ccc(NCc2cccc(OC)c2F)cc1. The van der Waals surface area contributed by atoms with Crippen LogP contribution >= 0.6 is 0 Å². The van der Waals surface area contributed by atoms with Gasteiger partial charge in [-0.2, -0.15) is 0 Å². The highest BCUT2D eigenvalue weighted by atomic mass is 19.1. The molecule has 0 radical (unpaired) electrons. The summed E-state index contributed by atoms with van der Waals surface area (Å²) in [6, 6.07) is 13.5. The molecule has 2 aromatic rings. The summed E-state index contributed by atoms with van der Waals surface area (Å²) in [7, 11) is 1.47. The van der Waals surface area contributed by atoms with Gasteiger partial charge in [-0.05, 0) is 30.2 Å². The number of methoxy groups -OCH3 is 1. The number of nitrogens with one attached hydrogen (secondary N) is 1. The van der Waals surface area contributed by atoms with E-state index in [1.54, 1.807) is 18.2 Å². The minimum absolute atomic E-state index is 0.280. The van der Waals surface area contributed by atoms with Crippen molar-refractivity contribution in [2.24, 2.45) is 0 Å². The van der Waals surface area contributed by atoms with E-state index < -0.39 is 0 Å². The van der Waals surface area contributed by atoms with Crippen molar-refractivity contribution in [1.29, 1.82) is 0 Å². The topological polar surface area (TPSA) is 21.3 Å². The molecule has 0 unspecified atom stereocenters. The summed E-state index contributed by atoms with van der Waals surface area (Å²) in [5, 5.41) is 3.23. The summed E-state index contributed by atoms with van der Waals surface area (Å²) in [5.74, 6) is -0.0207. The fraction of sp³-hybridized carbons (Fsp3) is 0.294. The molecule has 0 aromatic heterocycles. The molecule has 0 saturated carbocycles. The summed E-state index contributed by atoms with van der Waals surface area (Å²) in [5.41, 5.74) is 2.92. The Morgan fingerprint density at radius 2 is 1.85 bits per heavy atom. The predicted octanol–water partition coefficient (Wildman–Crippen LogP) is 4.40. The van der Waals surface area contributed by atoms with E-state index in [1.165, 1.54) is 12.7 Å². The minimum Gasteiger partial charge on any atom is -0.494 e. The molecule has 1 N–H and O–H groups in total. The number of hydrogen-bond acceptors (Lipinski definition) is 2. The van der Waals surface area contributed by atoms with Gasteiger partial charge in [-0.25, -0.2) is 4.39 Å². The molecule has 2 aromatic carbocycles. The van der Waals surface area contributed by atoms with Crippen molar-refractivity contribution < 1.29 is 9.13 Å². The second-order valence-electron chi connectivity index (χ2n) is 4.73. The molecular weight excluding hydrogens is 253 g/mol. The lowest BCUT2D eigenvalue weighted by atomic mass is 10.1. The zero-order valence-electron chi connectivity index (χ0n) is 11.9. The molecule has 0 fully saturated rings. The van der Waals surface area contributed by atoms with Gasteiger partial charge in [0.2, 0.25) is 0 Å². The lowest BCUT2D eigenvalue weighted by Gasteiger charge is -2.10. The highest BCUT2D eigenvalue weighted by Gasteiger charge is 2.07. The molecule has 0 saturated heterocycles. The van der Waals surface area contributed by atoms with E-state index in [9.17, 15) is 4.39 Å². The Hall–Kier alpha value is -2.03. The first-order valence-corrected chi connectivity index (χ1v) is 6.88. The number of anilines is 1. The molecule has 0 aliphatic carbocycles. The third-order valence-electron chi connectivity index (χ3n) is 3.24. The van der Waals surface area contributed by atoms with Crippen LogP contribution in [0.1, 0.15) is 24.5 Å². The molecular formula is C17H20FNO. The largest absolute Gasteiger partial charge is 0.494 e. The van der Waals surface area contributed by atoms with Gasteiger partial charge in [-0.15, -0.1) is 0 Å². The van der Waals surface area contributed by atoms with Crippen molar-refractivity contribution in [2.45, 2.75) is 26.3 Å². The standard InChI is InChI=1S/C17H20FNO/c1-3-5-13-8-10-15(11-9-13)19-12-14-6-4-7-16(20-2)17(14)18/h4,6-11,19H,3,5,12H2,1-2H3. The van der Waals surface area contributed by atoms with Gasteiger partial charge in [0.1, 0.15) is 0 Å². The van der Waals surface area contributed by atoms with Gasteiger partial charge in [0.25, 0.3) is 0 Å². The van der Waals surface area contributed by atoms with Gasteiger partial charge in [0.05, 0.1) is 7.11 Å². The summed E-state index contributed by atoms with van der Waals surface area (Å²) in [4.78, 5) is 0. The molecule has 2 rings (SSSR count). The zero-order valence-corrected chi connectivity index (χ0v) is 11.9. The number of hydrogen-bond donors (Lipinski definition) is 1. The maximum Gasteiger partial charge on any atom is 0.170 e. The second-order valence-corrected chi connectivity index (χ2v) is 4.73. The van der Waals surface area contributed by atoms with E-state index in [2.05, 4.69) is 24.4 Å². The minimum atomic E-state index is -0.301. The molecule has 0 amide bonds. The molecule has 106 valence electrons. The fourth-order valence-corrected chi connectivity index (χ4v) is 2.13. The molecule has 2 nitrogen and oxygen atoms in total. The summed E-state index contributed by atoms with van der Waals surface area (Å²) >= 11 is 0. The van der Waals surface area contributed by atoms with Crippen LogP contribution < -0.4 is 10.1 Å². The van der Waals surface area contributed by atoms with E-state index in [0.29, 0.717) is 12.1 Å². The maximum atomic E-state index is 14.0. The van der Waals surface area contributed by atoms with Crippen LogP contribution in [-0.4, -0.2) is 7.11 Å². The lowest BCUT2D eigenvalue weighted by Crippen LogP contribution is -2.03. The van der Waals surface area contributed by atoms with Crippen molar-refractivity contribution in [3.05, 3.63) is 59.4 Å². The Bertz CT molecular complexity index is 551. The van der Waals surface area contributed by atoms with Crippen LogP contribution in [0.15, 0.2) is 42.5 Å². The highest BCUT2D eigenvalue weighted by Crippen LogP contribution is 2.21. The fourth-order valence-electron chi connectivity index (χ4n) is 2.13. The van der Waals surface area contributed by atoms with Gasteiger partial charge >= 0.3 is 0 Å².